The third-order valence-corrected chi connectivity index (χ3v) is 7.24. The molecule has 1 aromatic heterocycles. The molecule has 8 heteroatoms. The number of carbonyl (C=O) groups excluding carboxylic acids is 1. The maximum atomic E-state index is 12.8. The summed E-state index contributed by atoms with van der Waals surface area (Å²) in [5, 5.41) is 4.21. The number of carbonyl (C=O) groups is 1. The molecule has 2 N–H and O–H groups in total. The summed E-state index contributed by atoms with van der Waals surface area (Å²) in [5.74, 6) is 0.905. The van der Waals surface area contributed by atoms with E-state index in [-0.39, 0.29) is 18.5 Å². The molecule has 2 aromatic rings. The first-order chi connectivity index (χ1) is 14.7. The van der Waals surface area contributed by atoms with E-state index >= 15 is 0 Å². The number of likely N-dealkylation sites (N-methyl/N-ethyl adjacent to an activating group) is 1. The van der Waals surface area contributed by atoms with Gasteiger partial charge in [-0.2, -0.15) is 13.2 Å². The Morgan fingerprint density at radius 1 is 1.32 bits per heavy atom. The Hall–Kier alpha value is -2.22. The van der Waals surface area contributed by atoms with Crippen molar-refractivity contribution in [2.75, 3.05) is 26.7 Å². The highest BCUT2D eigenvalue weighted by Crippen LogP contribution is 2.49. The first kappa shape index (κ1) is 20.7. The van der Waals surface area contributed by atoms with Gasteiger partial charge in [-0.15, -0.1) is 0 Å². The van der Waals surface area contributed by atoms with Gasteiger partial charge in [-0.1, -0.05) is 12.1 Å². The van der Waals surface area contributed by atoms with E-state index in [2.05, 4.69) is 40.4 Å². The quantitative estimate of drug-likeness (QED) is 0.752. The second-order valence-corrected chi connectivity index (χ2v) is 9.39. The lowest BCUT2D eigenvalue weighted by Gasteiger charge is -2.46. The van der Waals surface area contributed by atoms with Gasteiger partial charge in [-0.25, -0.2) is 4.79 Å². The number of aromatic nitrogens is 1. The van der Waals surface area contributed by atoms with Crippen molar-refractivity contribution in [1.82, 2.24) is 20.1 Å². The Kier molecular flexibility index (Phi) is 4.95. The van der Waals surface area contributed by atoms with E-state index in [0.717, 1.165) is 17.7 Å². The molecule has 2 amide bonds. The molecule has 5 rings (SSSR count). The lowest BCUT2D eigenvalue weighted by molar-refractivity contribution is -0.139. The van der Waals surface area contributed by atoms with E-state index < -0.39 is 18.8 Å². The predicted molar refractivity (Wildman–Crippen MR) is 113 cm³/mol. The monoisotopic (exact) mass is 434 g/mol. The van der Waals surface area contributed by atoms with Crippen LogP contribution < -0.4 is 5.32 Å². The van der Waals surface area contributed by atoms with Crippen LogP contribution in [-0.4, -0.2) is 65.8 Å². The van der Waals surface area contributed by atoms with Gasteiger partial charge in [0, 0.05) is 47.7 Å². The minimum atomic E-state index is -4.40. The number of benzene rings is 1. The van der Waals surface area contributed by atoms with Crippen LogP contribution in [0.1, 0.15) is 54.8 Å². The summed E-state index contributed by atoms with van der Waals surface area (Å²) in [7, 11) is 2.07. The van der Waals surface area contributed by atoms with Crippen molar-refractivity contribution < 1.29 is 18.0 Å². The number of nitrogens with one attached hydrogen (secondary N) is 2. The SMILES string of the molecule is CCN(CC(F)(F)F)C(=O)NC1CC2c3cccc4[nH]c(C5CC5)c(c34)CC2N(C)C1. The molecule has 1 aliphatic heterocycles. The number of rotatable bonds is 4. The van der Waals surface area contributed by atoms with Gasteiger partial charge < -0.3 is 20.1 Å². The number of hydrogen-bond acceptors (Lipinski definition) is 2. The zero-order valence-electron chi connectivity index (χ0n) is 17.9. The maximum Gasteiger partial charge on any atom is 0.406 e. The second-order valence-electron chi connectivity index (χ2n) is 9.39. The fourth-order valence-corrected chi connectivity index (χ4v) is 5.69. The van der Waals surface area contributed by atoms with Crippen LogP contribution in [0.3, 0.4) is 0 Å². The number of fused-ring (bicyclic) bond motifs is 2. The number of halogens is 3. The van der Waals surface area contributed by atoms with Crippen molar-refractivity contribution in [1.29, 1.82) is 0 Å². The molecule has 0 bridgehead atoms. The number of piperidine rings is 1. The third-order valence-electron chi connectivity index (χ3n) is 7.24. The second kappa shape index (κ2) is 7.43. The summed E-state index contributed by atoms with van der Waals surface area (Å²) >= 11 is 0. The van der Waals surface area contributed by atoms with Crippen molar-refractivity contribution in [2.45, 2.75) is 62.7 Å². The molecule has 1 saturated carbocycles. The predicted octanol–water partition coefficient (Wildman–Crippen LogP) is 4.35. The van der Waals surface area contributed by atoms with E-state index in [9.17, 15) is 18.0 Å². The molecule has 1 saturated heterocycles. The Morgan fingerprint density at radius 3 is 2.77 bits per heavy atom. The number of nitrogens with zero attached hydrogens (tertiary/aromatic N) is 2. The maximum absolute atomic E-state index is 12.8. The van der Waals surface area contributed by atoms with Gasteiger partial charge in [0.15, 0.2) is 0 Å². The molecule has 2 heterocycles. The molecule has 168 valence electrons. The summed E-state index contributed by atoms with van der Waals surface area (Å²) in [6, 6.07) is 5.94. The van der Waals surface area contributed by atoms with Crippen LogP contribution in [0.4, 0.5) is 18.0 Å². The van der Waals surface area contributed by atoms with E-state index in [1.165, 1.54) is 40.6 Å². The average Bonchev–Trinajstić information content (AvgIpc) is 3.48. The highest BCUT2D eigenvalue weighted by molar-refractivity contribution is 5.90. The van der Waals surface area contributed by atoms with Crippen molar-refractivity contribution in [3.63, 3.8) is 0 Å². The standard InChI is InChI=1S/C23H29F3N4O/c1-3-30(12-23(24,25)26)22(31)27-14-9-16-15-5-4-6-18-20(15)17(10-19(16)29(2)11-14)21(28-18)13-7-8-13/h4-6,13-14,16,19,28H,3,7-12H2,1-2H3,(H,27,31). The Labute approximate surface area is 180 Å². The fourth-order valence-electron chi connectivity index (χ4n) is 5.69. The van der Waals surface area contributed by atoms with Gasteiger partial charge in [-0.05, 0) is 62.8 Å². The third kappa shape index (κ3) is 3.79. The Balaban J connectivity index is 1.39. The molecular weight excluding hydrogens is 405 g/mol. The topological polar surface area (TPSA) is 51.4 Å². The number of likely N-dealkylation sites (tertiary alicyclic amines) is 1. The van der Waals surface area contributed by atoms with Crippen LogP contribution in [0.15, 0.2) is 18.2 Å². The summed E-state index contributed by atoms with van der Waals surface area (Å²) < 4.78 is 38.4. The molecule has 3 unspecified atom stereocenters. The first-order valence-corrected chi connectivity index (χ1v) is 11.2. The lowest BCUT2D eigenvalue weighted by Crippen LogP contribution is -2.57. The summed E-state index contributed by atoms with van der Waals surface area (Å²) in [6.07, 6.45) is -0.171. The van der Waals surface area contributed by atoms with Crippen molar-refractivity contribution in [3.05, 3.63) is 35.0 Å². The largest absolute Gasteiger partial charge is 0.406 e. The van der Waals surface area contributed by atoms with Gasteiger partial charge in [0.2, 0.25) is 0 Å². The summed E-state index contributed by atoms with van der Waals surface area (Å²) in [6.45, 7) is 1.02. The van der Waals surface area contributed by atoms with Crippen LogP contribution in [0.5, 0.6) is 0 Å². The molecule has 0 spiro atoms. The molecule has 2 aliphatic carbocycles. The molecule has 3 aliphatic rings. The van der Waals surface area contributed by atoms with Crippen molar-refractivity contribution >= 4 is 16.9 Å². The number of H-pyrrole nitrogens is 1. The normalized spacial score (nSPS) is 26.0. The zero-order chi connectivity index (χ0) is 21.9. The lowest BCUT2D eigenvalue weighted by atomic mass is 9.73. The highest BCUT2D eigenvalue weighted by Gasteiger charge is 2.42. The van der Waals surface area contributed by atoms with Gasteiger partial charge in [0.25, 0.3) is 0 Å². The van der Waals surface area contributed by atoms with Crippen molar-refractivity contribution in [2.24, 2.45) is 0 Å². The molecule has 1 aromatic carbocycles. The average molecular weight is 435 g/mol. The summed E-state index contributed by atoms with van der Waals surface area (Å²) in [4.78, 5) is 19.3. The van der Waals surface area contributed by atoms with Crippen LogP contribution in [0, 0.1) is 0 Å². The van der Waals surface area contributed by atoms with E-state index in [1.54, 1.807) is 6.92 Å². The number of urea groups is 1. The fraction of sp³-hybridized carbons (Fsp3) is 0.609. The van der Waals surface area contributed by atoms with Crippen LogP contribution in [-0.2, 0) is 6.42 Å². The first-order valence-electron chi connectivity index (χ1n) is 11.2. The van der Waals surface area contributed by atoms with Gasteiger partial charge in [-0.3, -0.25) is 0 Å². The van der Waals surface area contributed by atoms with Gasteiger partial charge >= 0.3 is 12.2 Å². The molecule has 31 heavy (non-hydrogen) atoms. The van der Waals surface area contributed by atoms with Crippen LogP contribution >= 0.6 is 0 Å². The van der Waals surface area contributed by atoms with E-state index in [4.69, 9.17) is 0 Å². The smallest absolute Gasteiger partial charge is 0.358 e. The number of alkyl halides is 3. The van der Waals surface area contributed by atoms with E-state index in [1.807, 2.05) is 0 Å². The minimum Gasteiger partial charge on any atom is -0.358 e. The minimum absolute atomic E-state index is 0.0237. The molecule has 0 radical (unpaired) electrons. The molecule has 3 atom stereocenters. The van der Waals surface area contributed by atoms with Gasteiger partial charge in [0.05, 0.1) is 0 Å². The van der Waals surface area contributed by atoms with Crippen molar-refractivity contribution in [3.8, 4) is 0 Å². The highest BCUT2D eigenvalue weighted by atomic mass is 19.4. The zero-order valence-corrected chi connectivity index (χ0v) is 17.9. The number of amides is 2. The molecule has 5 nitrogen and oxygen atoms in total. The van der Waals surface area contributed by atoms with Crippen LogP contribution in [0.2, 0.25) is 0 Å². The molecule has 2 fully saturated rings. The number of hydrogen-bond donors (Lipinski definition) is 2. The number of aromatic amines is 1. The Morgan fingerprint density at radius 2 is 2.10 bits per heavy atom. The Bertz CT molecular complexity index is 997. The van der Waals surface area contributed by atoms with E-state index in [0.29, 0.717) is 18.5 Å². The van der Waals surface area contributed by atoms with Gasteiger partial charge in [0.1, 0.15) is 6.54 Å². The summed E-state index contributed by atoms with van der Waals surface area (Å²) in [5.41, 5.74) is 5.34. The van der Waals surface area contributed by atoms with Crippen LogP contribution in [0.25, 0.3) is 10.9 Å². The molecular formula is C23H29F3N4O.